The minimum absolute atomic E-state index is 0.0679. The van der Waals surface area contributed by atoms with Gasteiger partial charge in [0, 0.05) is 13.5 Å². The Morgan fingerprint density at radius 2 is 1.81 bits per heavy atom. The number of hydrogen-bond acceptors (Lipinski definition) is 7. The first kappa shape index (κ1) is 23.8. The molecule has 0 amide bonds. The number of aliphatic hydroxyl groups excluding tert-OH is 1. The molecule has 0 unspecified atom stereocenters. The van der Waals surface area contributed by atoms with E-state index in [1.165, 1.54) is 14.2 Å². The van der Waals surface area contributed by atoms with Crippen LogP contribution in [0.2, 0.25) is 0 Å². The molecular weight excluding hydrogens is 352 g/mol. The highest BCUT2D eigenvalue weighted by Gasteiger charge is 2.47. The number of allylic oxidation sites excluding steroid dienone is 1. The second-order valence-electron chi connectivity index (χ2n) is 8.53. The number of rotatable bonds is 7. The van der Waals surface area contributed by atoms with Gasteiger partial charge in [-0.25, -0.2) is 0 Å². The van der Waals surface area contributed by atoms with Crippen molar-refractivity contribution in [2.75, 3.05) is 14.2 Å². The van der Waals surface area contributed by atoms with Crippen molar-refractivity contribution in [2.24, 2.45) is 11.3 Å². The maximum Gasteiger partial charge on any atom is 0.308 e. The molecule has 27 heavy (non-hydrogen) atoms. The third-order valence-corrected chi connectivity index (χ3v) is 4.28. The van der Waals surface area contributed by atoms with Gasteiger partial charge in [0.2, 0.25) is 0 Å². The van der Waals surface area contributed by atoms with Crippen LogP contribution in [0, 0.1) is 11.3 Å². The molecular formula is C20H34O7. The van der Waals surface area contributed by atoms with Gasteiger partial charge in [-0.15, -0.1) is 0 Å². The lowest BCUT2D eigenvalue weighted by Crippen LogP contribution is -2.59. The van der Waals surface area contributed by atoms with Crippen LogP contribution in [0.15, 0.2) is 12.2 Å². The monoisotopic (exact) mass is 386 g/mol. The number of hydrogen-bond donors (Lipinski definition) is 1. The van der Waals surface area contributed by atoms with Crippen LogP contribution in [0.3, 0.4) is 0 Å². The molecule has 0 saturated carbocycles. The Labute approximate surface area is 162 Å². The van der Waals surface area contributed by atoms with Crippen LogP contribution in [-0.4, -0.2) is 61.3 Å². The Bertz CT molecular complexity index is 547. The largest absolute Gasteiger partial charge is 0.469 e. The maximum absolute atomic E-state index is 12.7. The number of ketones is 1. The van der Waals surface area contributed by atoms with E-state index in [9.17, 15) is 14.7 Å². The van der Waals surface area contributed by atoms with E-state index < -0.39 is 42.1 Å². The molecule has 0 radical (unpaired) electrons. The highest BCUT2D eigenvalue weighted by atomic mass is 16.7. The Balaban J connectivity index is 3.02. The smallest absolute Gasteiger partial charge is 0.308 e. The zero-order valence-corrected chi connectivity index (χ0v) is 17.6. The van der Waals surface area contributed by atoms with Crippen LogP contribution >= 0.6 is 0 Å². The van der Waals surface area contributed by atoms with E-state index in [1.54, 1.807) is 26.8 Å². The molecule has 0 spiro atoms. The predicted molar refractivity (Wildman–Crippen MR) is 100 cm³/mol. The van der Waals surface area contributed by atoms with Gasteiger partial charge in [-0.1, -0.05) is 39.8 Å². The first-order chi connectivity index (χ1) is 12.3. The standard InChI is InChI=1S/C20H34O7/c1-12(18(23)25-8)11-13(21)16(24-7)17-15(22)14(9-10-19(2,3)4)26-20(5,6)27-17/h9-10,12,14-17,22H,11H2,1-8H3/b10-9+/t12-,14-,15+,16+,17-/m1/s1. The van der Waals surface area contributed by atoms with Crippen molar-refractivity contribution in [3.8, 4) is 0 Å². The summed E-state index contributed by atoms with van der Waals surface area (Å²) in [6, 6.07) is 0. The Kier molecular flexibility index (Phi) is 8.16. The molecule has 7 nitrogen and oxygen atoms in total. The van der Waals surface area contributed by atoms with Gasteiger partial charge in [0.25, 0.3) is 0 Å². The fourth-order valence-corrected chi connectivity index (χ4v) is 2.94. The fourth-order valence-electron chi connectivity index (χ4n) is 2.94. The Hall–Kier alpha value is -1.28. The summed E-state index contributed by atoms with van der Waals surface area (Å²) in [5, 5.41) is 10.8. The second-order valence-corrected chi connectivity index (χ2v) is 8.53. The third kappa shape index (κ3) is 6.99. The van der Waals surface area contributed by atoms with Crippen molar-refractivity contribution in [3.05, 3.63) is 12.2 Å². The number of carbonyl (C=O) groups is 2. The molecule has 1 saturated heterocycles. The summed E-state index contributed by atoms with van der Waals surface area (Å²) in [6.07, 6.45) is -0.0352. The van der Waals surface area contributed by atoms with Crippen molar-refractivity contribution in [3.63, 3.8) is 0 Å². The minimum atomic E-state index is -1.10. The molecule has 1 N–H and O–H groups in total. The Morgan fingerprint density at radius 1 is 1.22 bits per heavy atom. The number of Topliss-reactive ketones (excluding diaryl/α,β-unsaturated/α-hetero) is 1. The summed E-state index contributed by atoms with van der Waals surface area (Å²) in [5.74, 6) is -2.43. The van der Waals surface area contributed by atoms with E-state index >= 15 is 0 Å². The summed E-state index contributed by atoms with van der Waals surface area (Å²) in [6.45, 7) is 11.2. The highest BCUT2D eigenvalue weighted by molar-refractivity contribution is 5.88. The molecule has 7 heteroatoms. The lowest BCUT2D eigenvalue weighted by Gasteiger charge is -2.45. The van der Waals surface area contributed by atoms with Gasteiger partial charge in [0.05, 0.1) is 13.0 Å². The normalized spacial score (nSPS) is 28.0. The van der Waals surface area contributed by atoms with Crippen molar-refractivity contribution < 1.29 is 33.6 Å². The Morgan fingerprint density at radius 3 is 2.30 bits per heavy atom. The third-order valence-electron chi connectivity index (χ3n) is 4.28. The average molecular weight is 386 g/mol. The molecule has 0 aromatic heterocycles. The molecule has 156 valence electrons. The van der Waals surface area contributed by atoms with Crippen LogP contribution in [0.25, 0.3) is 0 Å². The number of ether oxygens (including phenoxy) is 4. The van der Waals surface area contributed by atoms with E-state index in [2.05, 4.69) is 4.74 Å². The van der Waals surface area contributed by atoms with Gasteiger partial charge in [-0.3, -0.25) is 9.59 Å². The number of carbonyl (C=O) groups excluding carboxylic acids is 2. The first-order valence-electron chi connectivity index (χ1n) is 9.17. The van der Waals surface area contributed by atoms with Gasteiger partial charge in [0.1, 0.15) is 24.4 Å². The van der Waals surface area contributed by atoms with E-state index in [-0.39, 0.29) is 17.6 Å². The molecule has 1 fully saturated rings. The number of methoxy groups -OCH3 is 2. The van der Waals surface area contributed by atoms with E-state index in [4.69, 9.17) is 14.2 Å². The van der Waals surface area contributed by atoms with Gasteiger partial charge in [-0.05, 0) is 19.3 Å². The van der Waals surface area contributed by atoms with Gasteiger partial charge in [0.15, 0.2) is 11.6 Å². The summed E-state index contributed by atoms with van der Waals surface area (Å²) in [4.78, 5) is 24.3. The van der Waals surface area contributed by atoms with Crippen LogP contribution in [0.5, 0.6) is 0 Å². The molecule has 1 aliphatic rings. The lowest BCUT2D eigenvalue weighted by molar-refractivity contribution is -0.334. The molecule has 1 rings (SSSR count). The molecule has 0 bridgehead atoms. The summed E-state index contributed by atoms with van der Waals surface area (Å²) < 4.78 is 21.7. The van der Waals surface area contributed by atoms with Crippen molar-refractivity contribution in [2.45, 2.75) is 78.2 Å². The minimum Gasteiger partial charge on any atom is -0.469 e. The van der Waals surface area contributed by atoms with Crippen molar-refractivity contribution in [1.82, 2.24) is 0 Å². The molecule has 0 aliphatic carbocycles. The van der Waals surface area contributed by atoms with Gasteiger partial charge < -0.3 is 24.1 Å². The maximum atomic E-state index is 12.7. The van der Waals surface area contributed by atoms with Gasteiger partial charge >= 0.3 is 5.97 Å². The summed E-state index contributed by atoms with van der Waals surface area (Å²) in [7, 11) is 2.65. The van der Waals surface area contributed by atoms with Crippen molar-refractivity contribution in [1.29, 1.82) is 0 Å². The average Bonchev–Trinajstić information content (AvgIpc) is 2.55. The molecule has 1 heterocycles. The zero-order valence-electron chi connectivity index (χ0n) is 17.6. The predicted octanol–water partition coefficient (Wildman–Crippen LogP) is 2.25. The van der Waals surface area contributed by atoms with E-state index in [1.807, 2.05) is 26.8 Å². The molecule has 1 aliphatic heterocycles. The summed E-state index contributed by atoms with van der Waals surface area (Å²) in [5.41, 5.74) is -0.0898. The second kappa shape index (κ2) is 9.28. The topological polar surface area (TPSA) is 91.3 Å². The quantitative estimate of drug-likeness (QED) is 0.530. The van der Waals surface area contributed by atoms with Crippen LogP contribution in [0.1, 0.15) is 48.0 Å². The van der Waals surface area contributed by atoms with E-state index in [0.717, 1.165) is 0 Å². The SMILES string of the molecule is COC(=O)[C@H](C)CC(=O)[C@H](OC)[C@@H]1OC(C)(C)O[C@H](/C=C/C(C)(C)C)[C@@H]1O. The number of aliphatic hydroxyl groups is 1. The van der Waals surface area contributed by atoms with Crippen LogP contribution in [0.4, 0.5) is 0 Å². The fraction of sp³-hybridized carbons (Fsp3) is 0.800. The van der Waals surface area contributed by atoms with Gasteiger partial charge in [-0.2, -0.15) is 0 Å². The number of esters is 1. The van der Waals surface area contributed by atoms with Crippen molar-refractivity contribution >= 4 is 11.8 Å². The summed E-state index contributed by atoms with van der Waals surface area (Å²) >= 11 is 0. The van der Waals surface area contributed by atoms with E-state index in [0.29, 0.717) is 0 Å². The zero-order chi connectivity index (χ0) is 21.0. The first-order valence-corrected chi connectivity index (χ1v) is 9.17. The highest BCUT2D eigenvalue weighted by Crippen LogP contribution is 2.32. The molecule has 0 aromatic carbocycles. The molecule has 0 aromatic rings. The lowest BCUT2D eigenvalue weighted by atomic mass is 9.91. The molecule has 5 atom stereocenters. The van der Waals surface area contributed by atoms with Crippen LogP contribution in [-0.2, 0) is 28.5 Å². The van der Waals surface area contributed by atoms with Crippen LogP contribution < -0.4 is 0 Å².